The van der Waals surface area contributed by atoms with Crippen LogP contribution in [-0.2, 0) is 11.3 Å². The van der Waals surface area contributed by atoms with E-state index in [4.69, 9.17) is 14.2 Å². The Morgan fingerprint density at radius 1 is 1.17 bits per heavy atom. The molecule has 1 aliphatic rings. The fraction of sp³-hybridized carbons (Fsp3) is 0.524. The van der Waals surface area contributed by atoms with Gasteiger partial charge in [-0.2, -0.15) is 5.10 Å². The zero-order valence-electron chi connectivity index (χ0n) is 17.7. The molecule has 2 heterocycles. The molecule has 8 nitrogen and oxygen atoms in total. The quantitative estimate of drug-likeness (QED) is 0.670. The zero-order valence-corrected chi connectivity index (χ0v) is 17.7. The molecule has 1 atom stereocenters. The van der Waals surface area contributed by atoms with Gasteiger partial charge in [-0.3, -0.25) is 14.8 Å². The maximum atomic E-state index is 11.6. The smallest absolute Gasteiger partial charge is 0.220 e. The summed E-state index contributed by atoms with van der Waals surface area (Å²) in [6.07, 6.45) is 3.34. The minimum Gasteiger partial charge on any atom is -0.493 e. The fourth-order valence-corrected chi connectivity index (χ4v) is 3.68. The van der Waals surface area contributed by atoms with Crippen LogP contribution in [0, 0.1) is 0 Å². The Kier molecular flexibility index (Phi) is 6.64. The number of rotatable bonds is 9. The molecular weight excluding hydrogens is 372 g/mol. The van der Waals surface area contributed by atoms with Crippen molar-refractivity contribution in [1.82, 2.24) is 20.4 Å². The van der Waals surface area contributed by atoms with Gasteiger partial charge >= 0.3 is 0 Å². The molecule has 1 saturated heterocycles. The van der Waals surface area contributed by atoms with Crippen LogP contribution in [0.5, 0.6) is 17.2 Å². The number of nitrogens with zero attached hydrogens (tertiary/aromatic N) is 2. The number of amides is 1. The second-order valence-corrected chi connectivity index (χ2v) is 7.51. The Morgan fingerprint density at radius 3 is 2.38 bits per heavy atom. The largest absolute Gasteiger partial charge is 0.493 e. The van der Waals surface area contributed by atoms with E-state index in [2.05, 4.69) is 34.3 Å². The molecule has 8 heteroatoms. The summed E-state index contributed by atoms with van der Waals surface area (Å²) in [7, 11) is 4.79. The van der Waals surface area contributed by atoms with E-state index in [-0.39, 0.29) is 11.9 Å². The maximum Gasteiger partial charge on any atom is 0.220 e. The monoisotopic (exact) mass is 402 g/mol. The van der Waals surface area contributed by atoms with Gasteiger partial charge in [0.15, 0.2) is 11.5 Å². The third-order valence-corrected chi connectivity index (χ3v) is 5.31. The van der Waals surface area contributed by atoms with Gasteiger partial charge in [-0.25, -0.2) is 0 Å². The number of H-pyrrole nitrogens is 1. The third kappa shape index (κ3) is 4.64. The first-order chi connectivity index (χ1) is 14.0. The van der Waals surface area contributed by atoms with Crippen LogP contribution in [-0.4, -0.2) is 61.0 Å². The normalized spacial score (nSPS) is 16.4. The minimum atomic E-state index is 0.139. The van der Waals surface area contributed by atoms with Crippen LogP contribution in [0.25, 0.3) is 11.3 Å². The molecular formula is C21H30N4O4. The van der Waals surface area contributed by atoms with Gasteiger partial charge in [-0.1, -0.05) is 0 Å². The van der Waals surface area contributed by atoms with E-state index in [0.29, 0.717) is 36.3 Å². The van der Waals surface area contributed by atoms with Crippen LogP contribution in [0.2, 0.25) is 0 Å². The Hall–Kier alpha value is -2.74. The number of carbonyl (C=O) groups excluding carboxylic acids is 1. The van der Waals surface area contributed by atoms with E-state index in [1.54, 1.807) is 21.3 Å². The lowest BCUT2D eigenvalue weighted by molar-refractivity contribution is -0.119. The highest BCUT2D eigenvalue weighted by Gasteiger charge is 2.25. The van der Waals surface area contributed by atoms with Crippen LogP contribution in [0.15, 0.2) is 18.3 Å². The predicted octanol–water partition coefficient (Wildman–Crippen LogP) is 2.59. The van der Waals surface area contributed by atoms with Crippen molar-refractivity contribution in [3.05, 3.63) is 23.9 Å². The molecule has 158 valence electrons. The number of benzene rings is 1. The van der Waals surface area contributed by atoms with E-state index in [1.165, 1.54) is 0 Å². The van der Waals surface area contributed by atoms with Crippen LogP contribution >= 0.6 is 0 Å². The predicted molar refractivity (Wildman–Crippen MR) is 110 cm³/mol. The molecule has 0 spiro atoms. The highest BCUT2D eigenvalue weighted by Crippen LogP contribution is 2.41. The molecule has 1 aromatic carbocycles. The molecule has 1 fully saturated rings. The lowest BCUT2D eigenvalue weighted by Gasteiger charge is -2.29. The second kappa shape index (κ2) is 9.17. The first-order valence-electron chi connectivity index (χ1n) is 9.82. The van der Waals surface area contributed by atoms with Crippen LogP contribution in [0.3, 0.4) is 0 Å². The molecule has 1 unspecified atom stereocenters. The summed E-state index contributed by atoms with van der Waals surface area (Å²) in [5.41, 5.74) is 2.88. The van der Waals surface area contributed by atoms with Gasteiger partial charge in [0.2, 0.25) is 11.7 Å². The van der Waals surface area contributed by atoms with Gasteiger partial charge in [-0.15, -0.1) is 0 Å². The molecule has 2 aromatic rings. The summed E-state index contributed by atoms with van der Waals surface area (Å²) in [6, 6.07) is 4.35. The van der Waals surface area contributed by atoms with Gasteiger partial charge in [-0.05, 0) is 32.4 Å². The van der Waals surface area contributed by atoms with E-state index in [0.717, 1.165) is 29.8 Å². The van der Waals surface area contributed by atoms with Gasteiger partial charge in [0.1, 0.15) is 0 Å². The summed E-state index contributed by atoms with van der Waals surface area (Å²) >= 11 is 0. The van der Waals surface area contributed by atoms with Gasteiger partial charge in [0, 0.05) is 42.7 Å². The van der Waals surface area contributed by atoms with E-state index < -0.39 is 0 Å². The van der Waals surface area contributed by atoms with Crippen molar-refractivity contribution >= 4 is 5.91 Å². The summed E-state index contributed by atoms with van der Waals surface area (Å²) in [4.78, 5) is 13.9. The Balaban J connectivity index is 1.87. The third-order valence-electron chi connectivity index (χ3n) is 5.31. The molecule has 1 aliphatic heterocycles. The molecule has 29 heavy (non-hydrogen) atoms. The number of ether oxygens (including phenoxy) is 3. The Morgan fingerprint density at radius 2 is 1.86 bits per heavy atom. The second-order valence-electron chi connectivity index (χ2n) is 7.51. The van der Waals surface area contributed by atoms with Crippen molar-refractivity contribution in [3.8, 4) is 28.5 Å². The molecule has 0 saturated carbocycles. The summed E-state index contributed by atoms with van der Waals surface area (Å²) < 4.78 is 16.4. The van der Waals surface area contributed by atoms with E-state index >= 15 is 0 Å². The summed E-state index contributed by atoms with van der Waals surface area (Å²) in [6.45, 7) is 5.85. The van der Waals surface area contributed by atoms with Gasteiger partial charge in [0.25, 0.3) is 0 Å². The topological polar surface area (TPSA) is 88.7 Å². The number of nitrogens with one attached hydrogen (secondary N) is 2. The minimum absolute atomic E-state index is 0.139. The van der Waals surface area contributed by atoms with Gasteiger partial charge in [0.05, 0.1) is 33.2 Å². The number of hydrogen-bond donors (Lipinski definition) is 2. The van der Waals surface area contributed by atoms with Crippen molar-refractivity contribution in [1.29, 1.82) is 0 Å². The van der Waals surface area contributed by atoms with Crippen LogP contribution in [0.4, 0.5) is 0 Å². The summed E-state index contributed by atoms with van der Waals surface area (Å²) in [5, 5.41) is 10.4. The average molecular weight is 402 g/mol. The Bertz CT molecular complexity index is 824. The van der Waals surface area contributed by atoms with Crippen molar-refractivity contribution in [2.24, 2.45) is 0 Å². The molecule has 0 radical (unpaired) electrons. The van der Waals surface area contributed by atoms with Crippen molar-refractivity contribution < 1.29 is 19.0 Å². The molecule has 2 N–H and O–H groups in total. The lowest BCUT2D eigenvalue weighted by Crippen LogP contribution is -2.41. The fourth-order valence-electron chi connectivity index (χ4n) is 3.68. The van der Waals surface area contributed by atoms with E-state index in [9.17, 15) is 4.79 Å². The summed E-state index contributed by atoms with van der Waals surface area (Å²) in [5.74, 6) is 1.88. The number of aromatic nitrogens is 2. The molecule has 0 aliphatic carbocycles. The zero-order chi connectivity index (χ0) is 21.0. The standard InChI is InChI=1S/C21H30N4O4/c1-13(2)25(12-16-6-7-19(26)23-16)11-15-10-22-24-20(15)14-8-17(27-3)21(29-5)18(9-14)28-4/h8-10,13,16H,6-7,11-12H2,1-5H3,(H,22,24)(H,23,26). The van der Waals surface area contributed by atoms with Crippen LogP contribution in [0.1, 0.15) is 32.3 Å². The number of hydrogen-bond acceptors (Lipinski definition) is 6. The molecule has 1 aromatic heterocycles. The molecule has 3 rings (SSSR count). The van der Waals surface area contributed by atoms with E-state index in [1.807, 2.05) is 18.3 Å². The highest BCUT2D eigenvalue weighted by atomic mass is 16.5. The number of aromatic amines is 1. The molecule has 1 amide bonds. The first kappa shape index (κ1) is 21.0. The van der Waals surface area contributed by atoms with Crippen LogP contribution < -0.4 is 19.5 Å². The van der Waals surface area contributed by atoms with Crippen molar-refractivity contribution in [2.75, 3.05) is 27.9 Å². The number of methoxy groups -OCH3 is 3. The van der Waals surface area contributed by atoms with Gasteiger partial charge < -0.3 is 19.5 Å². The maximum absolute atomic E-state index is 11.6. The average Bonchev–Trinajstić information content (AvgIpc) is 3.34. The highest BCUT2D eigenvalue weighted by molar-refractivity contribution is 5.78. The Labute approximate surface area is 171 Å². The molecule has 0 bridgehead atoms. The van der Waals surface area contributed by atoms with Crippen molar-refractivity contribution in [2.45, 2.75) is 45.3 Å². The lowest BCUT2D eigenvalue weighted by atomic mass is 10.1. The SMILES string of the molecule is COc1cc(-c2[nH]ncc2CN(CC2CCC(=O)N2)C(C)C)cc(OC)c1OC. The number of carbonyl (C=O) groups is 1. The first-order valence-corrected chi connectivity index (χ1v) is 9.82. The van der Waals surface area contributed by atoms with Crippen molar-refractivity contribution in [3.63, 3.8) is 0 Å².